The van der Waals surface area contributed by atoms with Gasteiger partial charge in [0.1, 0.15) is 0 Å². The minimum atomic E-state index is -1.68. The van der Waals surface area contributed by atoms with Gasteiger partial charge >= 0.3 is 0 Å². The first-order valence-corrected chi connectivity index (χ1v) is 21.2. The molecule has 0 radical (unpaired) electrons. The minimum Gasteiger partial charge on any atom is -0.374 e. The Labute approximate surface area is 247 Å². The van der Waals surface area contributed by atoms with E-state index in [9.17, 15) is 0 Å². The van der Waals surface area contributed by atoms with Gasteiger partial charge in [-0.15, -0.1) is 0 Å². The predicted octanol–water partition coefficient (Wildman–Crippen LogP) is 11.1. The van der Waals surface area contributed by atoms with Crippen molar-refractivity contribution in [2.45, 2.75) is 221 Å². The van der Waals surface area contributed by atoms with Crippen molar-refractivity contribution in [3.8, 4) is 0 Å². The molecule has 0 N–H and O–H groups in total. The molecule has 5 fully saturated rings. The van der Waals surface area contributed by atoms with Crippen LogP contribution < -0.4 is 0 Å². The fourth-order valence-electron chi connectivity index (χ4n) is 9.45. The number of hydrogen-bond donors (Lipinski definition) is 0. The molecule has 0 bridgehead atoms. The van der Waals surface area contributed by atoms with Crippen LogP contribution in [0.3, 0.4) is 0 Å². The van der Waals surface area contributed by atoms with Gasteiger partial charge in [-0.3, -0.25) is 0 Å². The minimum absolute atomic E-state index is 0.384. The summed E-state index contributed by atoms with van der Waals surface area (Å²) in [6, 6.07) is -1.68. The Morgan fingerprint density at radius 3 is 0.923 bits per heavy atom. The van der Waals surface area contributed by atoms with Crippen molar-refractivity contribution >= 4 is 17.8 Å². The van der Waals surface area contributed by atoms with Gasteiger partial charge in [0.25, 0.3) is 0 Å². The predicted molar refractivity (Wildman–Crippen MR) is 172 cm³/mol. The van der Waals surface area contributed by atoms with Crippen LogP contribution in [0, 0.1) is 0 Å². The molecule has 4 heteroatoms. The highest BCUT2D eigenvalue weighted by molar-refractivity contribution is 8.15. The van der Waals surface area contributed by atoms with Crippen LogP contribution >= 0.6 is 6.04 Å². The third-order valence-corrected chi connectivity index (χ3v) is 18.7. The van der Waals surface area contributed by atoms with E-state index in [1.54, 1.807) is 0 Å². The molecule has 0 aromatic rings. The monoisotopic (exact) mass is 578 g/mol. The van der Waals surface area contributed by atoms with Crippen LogP contribution in [-0.4, -0.2) is 41.4 Å². The summed E-state index contributed by atoms with van der Waals surface area (Å²) >= 11 is 7.43. The Kier molecular flexibility index (Phi) is 13.1. The van der Waals surface area contributed by atoms with E-state index < -0.39 is 6.04 Å². The summed E-state index contributed by atoms with van der Waals surface area (Å²) in [7, 11) is 0. The zero-order valence-corrected chi connectivity index (χ0v) is 27.2. The molecule has 0 amide bonds. The van der Waals surface area contributed by atoms with Crippen LogP contribution in [0.25, 0.3) is 0 Å². The van der Waals surface area contributed by atoms with Gasteiger partial charge in [0.2, 0.25) is 0 Å². The van der Waals surface area contributed by atoms with Crippen molar-refractivity contribution in [1.82, 2.24) is 0 Å². The molecule has 2 saturated heterocycles. The largest absolute Gasteiger partial charge is 0.374 e. The zero-order chi connectivity index (χ0) is 26.8. The third kappa shape index (κ3) is 8.15. The highest BCUT2D eigenvalue weighted by Crippen LogP contribution is 2.72. The Bertz CT molecular complexity index is 742. The van der Waals surface area contributed by atoms with Crippen molar-refractivity contribution in [2.24, 2.45) is 0 Å². The normalized spacial score (nSPS) is 42.8. The lowest BCUT2D eigenvalue weighted by Crippen LogP contribution is -2.59. The fourth-order valence-corrected chi connectivity index (χ4v) is 17.2. The van der Waals surface area contributed by atoms with Crippen molar-refractivity contribution in [2.75, 3.05) is 0 Å². The van der Waals surface area contributed by atoms with E-state index in [2.05, 4.69) is 0 Å². The smallest absolute Gasteiger partial charge is 0.0679 e. The van der Waals surface area contributed by atoms with Crippen molar-refractivity contribution < 1.29 is 9.47 Å². The second-order valence-corrected chi connectivity index (χ2v) is 19.7. The van der Waals surface area contributed by atoms with E-state index in [1.165, 1.54) is 180 Å². The number of rotatable bonds is 0. The maximum absolute atomic E-state index is 7.43. The van der Waals surface area contributed by atoms with Gasteiger partial charge in [0.15, 0.2) is 0 Å². The second kappa shape index (κ2) is 16.4. The highest BCUT2D eigenvalue weighted by Gasteiger charge is 2.59. The highest BCUT2D eigenvalue weighted by atomic mass is 32.4. The average molecular weight is 579 g/mol. The number of ether oxygens (including phenoxy) is 2. The van der Waals surface area contributed by atoms with Gasteiger partial charge in [-0.2, -0.15) is 0 Å². The first kappa shape index (κ1) is 31.0. The third-order valence-electron chi connectivity index (χ3n) is 11.5. The molecule has 5 rings (SSSR count). The summed E-state index contributed by atoms with van der Waals surface area (Å²) in [5.41, 5.74) is 1.89. The van der Waals surface area contributed by atoms with Crippen LogP contribution in [0.5, 0.6) is 0 Å². The van der Waals surface area contributed by atoms with Crippen LogP contribution in [-0.2, 0) is 21.3 Å². The molecule has 226 valence electrons. The molecule has 2 heterocycles. The summed E-state index contributed by atoms with van der Waals surface area (Å²) in [6.45, 7) is 0. The molecule has 2 nitrogen and oxygen atoms in total. The quantitative estimate of drug-likeness (QED) is 0.266. The molecule has 39 heavy (non-hydrogen) atoms. The van der Waals surface area contributed by atoms with Crippen LogP contribution in [0.15, 0.2) is 0 Å². The molecule has 0 spiro atoms. The molecule has 8 atom stereocenters. The Balaban J connectivity index is 1.50. The summed E-state index contributed by atoms with van der Waals surface area (Å²) in [5, 5.41) is 0. The standard InChI is InChI=1S/C35H63O2PS/c39-38-33-27-21-15-7-3-1-2-5-11-17-23-29(33)36-31-25-19-13-9-10-14-20-26-32(35(31)38)37-30-24-18-12-6-4-8-16-22-28-34(30)38/h29-35H,1-28H2. The lowest BCUT2D eigenvalue weighted by molar-refractivity contribution is -0.0997. The van der Waals surface area contributed by atoms with E-state index in [0.29, 0.717) is 41.4 Å². The molecule has 3 aliphatic carbocycles. The molecule has 2 aliphatic heterocycles. The summed E-state index contributed by atoms with van der Waals surface area (Å²) < 4.78 is 14.7. The average Bonchev–Trinajstić information content (AvgIpc) is 3.00. The number of hydrogen-bond acceptors (Lipinski definition) is 3. The van der Waals surface area contributed by atoms with E-state index in [0.717, 1.165) is 0 Å². The van der Waals surface area contributed by atoms with Gasteiger partial charge in [-0.25, -0.2) is 0 Å². The number of fused-ring (bicyclic) bond motifs is 4. The maximum atomic E-state index is 7.43. The zero-order valence-electron chi connectivity index (χ0n) is 25.5. The Hall–Kier alpha value is 0.570. The summed E-state index contributed by atoms with van der Waals surface area (Å²) in [5.74, 6) is 0. The van der Waals surface area contributed by atoms with E-state index in [-0.39, 0.29) is 0 Å². The van der Waals surface area contributed by atoms with E-state index in [1.807, 2.05) is 0 Å². The molecule has 0 aromatic heterocycles. The van der Waals surface area contributed by atoms with Gasteiger partial charge in [-0.05, 0) is 44.6 Å². The molecule has 0 aromatic carbocycles. The maximum Gasteiger partial charge on any atom is 0.0679 e. The molecule has 8 unspecified atom stereocenters. The van der Waals surface area contributed by atoms with Gasteiger partial charge < -0.3 is 9.47 Å². The van der Waals surface area contributed by atoms with Gasteiger partial charge in [0.05, 0.1) is 24.4 Å². The fraction of sp³-hybridized carbons (Fsp3) is 1.00. The van der Waals surface area contributed by atoms with E-state index >= 15 is 0 Å². The second-order valence-electron chi connectivity index (χ2n) is 14.3. The van der Waals surface area contributed by atoms with E-state index in [4.69, 9.17) is 21.3 Å². The van der Waals surface area contributed by atoms with Gasteiger partial charge in [0, 0.05) is 17.0 Å². The van der Waals surface area contributed by atoms with Crippen LogP contribution in [0.2, 0.25) is 0 Å². The molecular formula is C35H63O2PS. The molecule has 3 saturated carbocycles. The summed E-state index contributed by atoms with van der Waals surface area (Å²) in [4.78, 5) is 0. The lowest BCUT2D eigenvalue weighted by atomic mass is 9.96. The molecular weight excluding hydrogens is 515 g/mol. The first-order valence-electron chi connectivity index (χ1n) is 18.2. The SMILES string of the molecule is S=P12C3CCCCCCCCCCCC3OC3CCCCCCCCC(OC4CCCCCCCCCC41)C32. The summed E-state index contributed by atoms with van der Waals surface area (Å²) in [6.07, 6.45) is 40.4. The Morgan fingerprint density at radius 2 is 0.590 bits per heavy atom. The van der Waals surface area contributed by atoms with Crippen molar-refractivity contribution in [1.29, 1.82) is 0 Å². The van der Waals surface area contributed by atoms with Crippen LogP contribution in [0.1, 0.15) is 180 Å². The van der Waals surface area contributed by atoms with Crippen LogP contribution in [0.4, 0.5) is 0 Å². The molecule has 5 aliphatic rings. The van der Waals surface area contributed by atoms with Crippen molar-refractivity contribution in [3.63, 3.8) is 0 Å². The first-order chi connectivity index (χ1) is 19.3. The van der Waals surface area contributed by atoms with Gasteiger partial charge in [-0.1, -0.05) is 153 Å². The topological polar surface area (TPSA) is 18.5 Å². The van der Waals surface area contributed by atoms with Crippen molar-refractivity contribution in [3.05, 3.63) is 0 Å². The lowest BCUT2D eigenvalue weighted by Gasteiger charge is -2.60. The Morgan fingerprint density at radius 1 is 0.333 bits per heavy atom.